The summed E-state index contributed by atoms with van der Waals surface area (Å²) in [5.74, 6) is 1.10. The standard InChI is InChI=1S/C15H22F3N3O.HI/c1-4-19-14(20-6-5-15(16,17)18)21-10-12-7-11(2)8-13(9-12)22-3;/h7-9H,4-6,10H2,1-3H3,(H2,19,20,21);1H. The summed E-state index contributed by atoms with van der Waals surface area (Å²) < 4.78 is 41.7. The molecule has 0 heterocycles. The first-order valence-electron chi connectivity index (χ1n) is 7.07. The number of guanidine groups is 1. The first kappa shape index (κ1) is 21.8. The van der Waals surface area contributed by atoms with E-state index in [4.69, 9.17) is 4.74 Å². The lowest BCUT2D eigenvalue weighted by Crippen LogP contribution is -2.38. The highest BCUT2D eigenvalue weighted by molar-refractivity contribution is 14.0. The van der Waals surface area contributed by atoms with Gasteiger partial charge in [-0.3, -0.25) is 0 Å². The van der Waals surface area contributed by atoms with Gasteiger partial charge in [0, 0.05) is 13.1 Å². The molecule has 0 aliphatic heterocycles. The van der Waals surface area contributed by atoms with Crippen molar-refractivity contribution < 1.29 is 17.9 Å². The molecular weight excluding hydrogens is 422 g/mol. The van der Waals surface area contributed by atoms with Gasteiger partial charge in [-0.05, 0) is 37.1 Å². The predicted octanol–water partition coefficient (Wildman–Crippen LogP) is 3.63. The summed E-state index contributed by atoms with van der Waals surface area (Å²) in [7, 11) is 1.59. The molecule has 0 atom stereocenters. The lowest BCUT2D eigenvalue weighted by atomic mass is 10.1. The van der Waals surface area contributed by atoms with E-state index in [1.54, 1.807) is 7.11 Å². The fraction of sp³-hybridized carbons (Fsp3) is 0.533. The van der Waals surface area contributed by atoms with Gasteiger partial charge in [0.1, 0.15) is 5.75 Å². The van der Waals surface area contributed by atoms with Crippen LogP contribution in [0.4, 0.5) is 13.2 Å². The predicted molar refractivity (Wildman–Crippen MR) is 96.6 cm³/mol. The minimum absolute atomic E-state index is 0. The van der Waals surface area contributed by atoms with Crippen molar-refractivity contribution in [2.75, 3.05) is 20.2 Å². The summed E-state index contributed by atoms with van der Waals surface area (Å²) in [5, 5.41) is 5.60. The van der Waals surface area contributed by atoms with E-state index in [2.05, 4.69) is 15.6 Å². The van der Waals surface area contributed by atoms with Crippen LogP contribution in [0.3, 0.4) is 0 Å². The Hall–Kier alpha value is -1.19. The Balaban J connectivity index is 0.00000484. The number of methoxy groups -OCH3 is 1. The summed E-state index contributed by atoms with van der Waals surface area (Å²) >= 11 is 0. The molecule has 1 aromatic carbocycles. The molecule has 2 N–H and O–H groups in total. The van der Waals surface area contributed by atoms with Gasteiger partial charge in [0.05, 0.1) is 20.1 Å². The maximum atomic E-state index is 12.2. The monoisotopic (exact) mass is 445 g/mol. The van der Waals surface area contributed by atoms with Gasteiger partial charge in [0.2, 0.25) is 0 Å². The van der Waals surface area contributed by atoms with Crippen LogP contribution >= 0.6 is 24.0 Å². The van der Waals surface area contributed by atoms with Gasteiger partial charge >= 0.3 is 6.18 Å². The number of alkyl halides is 3. The lowest BCUT2D eigenvalue weighted by molar-refractivity contribution is -0.132. The van der Waals surface area contributed by atoms with Crippen molar-refractivity contribution in [3.8, 4) is 5.75 Å². The van der Waals surface area contributed by atoms with E-state index in [9.17, 15) is 13.2 Å². The van der Waals surface area contributed by atoms with E-state index in [1.807, 2.05) is 32.0 Å². The van der Waals surface area contributed by atoms with Crippen LogP contribution in [0.2, 0.25) is 0 Å². The second kappa shape index (κ2) is 10.6. The zero-order chi connectivity index (χ0) is 16.6. The number of benzene rings is 1. The maximum Gasteiger partial charge on any atom is 0.390 e. The average molecular weight is 445 g/mol. The second-order valence-electron chi connectivity index (χ2n) is 4.85. The molecule has 0 saturated carbocycles. The maximum absolute atomic E-state index is 12.2. The van der Waals surface area contributed by atoms with E-state index < -0.39 is 12.6 Å². The third-order valence-electron chi connectivity index (χ3n) is 2.81. The molecule has 0 fully saturated rings. The number of aliphatic imine (C=N–C) groups is 1. The zero-order valence-corrected chi connectivity index (χ0v) is 15.8. The Morgan fingerprint density at radius 3 is 2.48 bits per heavy atom. The molecule has 0 saturated heterocycles. The van der Waals surface area contributed by atoms with Crippen LogP contribution in [0, 0.1) is 6.92 Å². The minimum Gasteiger partial charge on any atom is -0.497 e. The van der Waals surface area contributed by atoms with E-state index >= 15 is 0 Å². The summed E-state index contributed by atoms with van der Waals surface area (Å²) in [6.45, 7) is 4.54. The van der Waals surface area contributed by atoms with Crippen molar-refractivity contribution in [1.29, 1.82) is 0 Å². The van der Waals surface area contributed by atoms with Crippen molar-refractivity contribution in [2.45, 2.75) is 33.0 Å². The molecule has 0 aliphatic carbocycles. The molecule has 0 radical (unpaired) electrons. The van der Waals surface area contributed by atoms with Gasteiger partial charge < -0.3 is 15.4 Å². The third-order valence-corrected chi connectivity index (χ3v) is 2.81. The average Bonchev–Trinajstić information content (AvgIpc) is 2.42. The molecule has 1 aromatic rings. The Morgan fingerprint density at radius 1 is 1.22 bits per heavy atom. The number of hydrogen-bond donors (Lipinski definition) is 2. The van der Waals surface area contributed by atoms with Crippen LogP contribution in [0.15, 0.2) is 23.2 Å². The lowest BCUT2D eigenvalue weighted by Gasteiger charge is -2.12. The van der Waals surface area contributed by atoms with E-state index in [1.165, 1.54) is 0 Å². The topological polar surface area (TPSA) is 45.7 Å². The highest BCUT2D eigenvalue weighted by atomic mass is 127. The van der Waals surface area contributed by atoms with Gasteiger partial charge in [-0.2, -0.15) is 13.2 Å². The normalized spacial score (nSPS) is 11.7. The van der Waals surface area contributed by atoms with E-state index in [0.29, 0.717) is 19.0 Å². The summed E-state index contributed by atoms with van der Waals surface area (Å²) in [5.41, 5.74) is 1.98. The SMILES string of the molecule is CCNC(=NCc1cc(C)cc(OC)c1)NCCC(F)(F)F.I. The molecule has 132 valence electrons. The zero-order valence-electron chi connectivity index (χ0n) is 13.5. The Morgan fingerprint density at radius 2 is 1.91 bits per heavy atom. The molecule has 0 spiro atoms. The van der Waals surface area contributed by atoms with Crippen molar-refractivity contribution >= 4 is 29.9 Å². The Labute approximate surface area is 151 Å². The number of rotatable bonds is 6. The largest absolute Gasteiger partial charge is 0.497 e. The van der Waals surface area contributed by atoms with Gasteiger partial charge in [0.15, 0.2) is 5.96 Å². The molecule has 0 aromatic heterocycles. The Kier molecular flexibility index (Phi) is 10.0. The number of ether oxygens (including phenoxy) is 1. The highest BCUT2D eigenvalue weighted by Crippen LogP contribution is 2.18. The summed E-state index contributed by atoms with van der Waals surface area (Å²) in [6.07, 6.45) is -5.07. The number of aryl methyl sites for hydroxylation is 1. The van der Waals surface area contributed by atoms with Gasteiger partial charge in [-0.15, -0.1) is 24.0 Å². The quantitative estimate of drug-likeness (QED) is 0.400. The van der Waals surface area contributed by atoms with Crippen LogP contribution in [0.5, 0.6) is 5.75 Å². The molecular formula is C15H23F3IN3O. The smallest absolute Gasteiger partial charge is 0.390 e. The first-order valence-corrected chi connectivity index (χ1v) is 7.07. The molecule has 0 aliphatic rings. The molecule has 23 heavy (non-hydrogen) atoms. The number of nitrogens with one attached hydrogen (secondary N) is 2. The number of halogens is 4. The van der Waals surface area contributed by atoms with Crippen molar-refractivity contribution in [2.24, 2.45) is 4.99 Å². The number of nitrogens with zero attached hydrogens (tertiary/aromatic N) is 1. The van der Waals surface area contributed by atoms with Crippen LogP contribution in [-0.4, -0.2) is 32.3 Å². The summed E-state index contributed by atoms with van der Waals surface area (Å²) in [4.78, 5) is 4.29. The van der Waals surface area contributed by atoms with Gasteiger partial charge in [0.25, 0.3) is 0 Å². The van der Waals surface area contributed by atoms with Crippen LogP contribution in [0.25, 0.3) is 0 Å². The van der Waals surface area contributed by atoms with E-state index in [0.717, 1.165) is 16.9 Å². The second-order valence-corrected chi connectivity index (χ2v) is 4.85. The van der Waals surface area contributed by atoms with Gasteiger partial charge in [-0.1, -0.05) is 6.07 Å². The van der Waals surface area contributed by atoms with Crippen LogP contribution in [0.1, 0.15) is 24.5 Å². The Bertz CT molecular complexity index is 507. The molecule has 0 unspecified atom stereocenters. The van der Waals surface area contributed by atoms with Crippen LogP contribution < -0.4 is 15.4 Å². The van der Waals surface area contributed by atoms with Crippen LogP contribution in [-0.2, 0) is 6.54 Å². The molecule has 0 amide bonds. The van der Waals surface area contributed by atoms with Crippen molar-refractivity contribution in [3.63, 3.8) is 0 Å². The third kappa shape index (κ3) is 9.52. The first-order chi connectivity index (χ1) is 10.3. The fourth-order valence-electron chi connectivity index (χ4n) is 1.87. The fourth-order valence-corrected chi connectivity index (χ4v) is 1.87. The molecule has 8 heteroatoms. The van der Waals surface area contributed by atoms with E-state index in [-0.39, 0.29) is 30.5 Å². The number of hydrogen-bond acceptors (Lipinski definition) is 2. The van der Waals surface area contributed by atoms with Crippen molar-refractivity contribution in [3.05, 3.63) is 29.3 Å². The summed E-state index contributed by atoms with van der Waals surface area (Å²) in [6, 6.07) is 5.72. The minimum atomic E-state index is -4.17. The molecule has 1 rings (SSSR count). The van der Waals surface area contributed by atoms with Crippen molar-refractivity contribution in [1.82, 2.24) is 10.6 Å². The molecule has 4 nitrogen and oxygen atoms in total. The van der Waals surface area contributed by atoms with Gasteiger partial charge in [-0.25, -0.2) is 4.99 Å². The highest BCUT2D eigenvalue weighted by Gasteiger charge is 2.26. The molecule has 0 bridgehead atoms.